The van der Waals surface area contributed by atoms with Crippen molar-refractivity contribution in [2.24, 2.45) is 5.73 Å². The molecular formula is C11H20N2S. The standard InChI is InChI=1S/C11H20N2S/c1-4-5-6-10(12)7-11-13-8(2)9(3)14-11/h10H,4-7,12H2,1-3H3. The smallest absolute Gasteiger partial charge is 0.0946 e. The molecule has 80 valence electrons. The van der Waals surface area contributed by atoms with Crippen molar-refractivity contribution in [2.45, 2.75) is 52.5 Å². The Labute approximate surface area is 90.6 Å². The number of nitrogens with two attached hydrogens (primary N) is 1. The Bertz CT molecular complexity index is 261. The summed E-state index contributed by atoms with van der Waals surface area (Å²) in [6.07, 6.45) is 4.52. The van der Waals surface area contributed by atoms with Crippen LogP contribution < -0.4 is 5.73 Å². The zero-order chi connectivity index (χ0) is 10.6. The summed E-state index contributed by atoms with van der Waals surface area (Å²) in [5, 5.41) is 1.20. The van der Waals surface area contributed by atoms with Gasteiger partial charge in [0.15, 0.2) is 0 Å². The molecule has 0 aliphatic carbocycles. The van der Waals surface area contributed by atoms with Gasteiger partial charge in [0, 0.05) is 17.3 Å². The lowest BCUT2D eigenvalue weighted by Crippen LogP contribution is -2.22. The summed E-state index contributed by atoms with van der Waals surface area (Å²) in [4.78, 5) is 5.82. The van der Waals surface area contributed by atoms with E-state index in [2.05, 4.69) is 25.8 Å². The van der Waals surface area contributed by atoms with Gasteiger partial charge in [-0.2, -0.15) is 0 Å². The van der Waals surface area contributed by atoms with Gasteiger partial charge in [0.2, 0.25) is 0 Å². The zero-order valence-corrected chi connectivity index (χ0v) is 10.2. The van der Waals surface area contributed by atoms with E-state index in [-0.39, 0.29) is 0 Å². The van der Waals surface area contributed by atoms with E-state index in [4.69, 9.17) is 5.73 Å². The van der Waals surface area contributed by atoms with Crippen molar-refractivity contribution in [3.63, 3.8) is 0 Å². The summed E-state index contributed by atoms with van der Waals surface area (Å²) in [6, 6.07) is 0.292. The summed E-state index contributed by atoms with van der Waals surface area (Å²) in [6.45, 7) is 6.38. The first-order chi connectivity index (χ1) is 6.63. The van der Waals surface area contributed by atoms with Gasteiger partial charge >= 0.3 is 0 Å². The van der Waals surface area contributed by atoms with Crippen LogP contribution in [0.3, 0.4) is 0 Å². The molecule has 1 heterocycles. The molecule has 0 aromatic carbocycles. The molecule has 0 radical (unpaired) electrons. The second-order valence-corrected chi connectivity index (χ2v) is 5.14. The molecule has 1 rings (SSSR count). The number of hydrogen-bond acceptors (Lipinski definition) is 3. The quantitative estimate of drug-likeness (QED) is 0.815. The van der Waals surface area contributed by atoms with Crippen LogP contribution in [0.15, 0.2) is 0 Å². The van der Waals surface area contributed by atoms with Crippen molar-refractivity contribution in [3.05, 3.63) is 15.6 Å². The van der Waals surface area contributed by atoms with Crippen LogP contribution in [0.2, 0.25) is 0 Å². The summed E-state index contributed by atoms with van der Waals surface area (Å²) in [7, 11) is 0. The number of rotatable bonds is 5. The first-order valence-electron chi connectivity index (χ1n) is 5.32. The van der Waals surface area contributed by atoms with Crippen LogP contribution in [0.4, 0.5) is 0 Å². The van der Waals surface area contributed by atoms with Gasteiger partial charge in [0.25, 0.3) is 0 Å². The topological polar surface area (TPSA) is 38.9 Å². The summed E-state index contributed by atoms with van der Waals surface area (Å²) in [5.41, 5.74) is 7.18. The highest BCUT2D eigenvalue weighted by atomic mass is 32.1. The fourth-order valence-electron chi connectivity index (χ4n) is 1.42. The van der Waals surface area contributed by atoms with Gasteiger partial charge in [-0.1, -0.05) is 19.8 Å². The van der Waals surface area contributed by atoms with Crippen LogP contribution in [0.1, 0.15) is 41.8 Å². The third-order valence-corrected chi connectivity index (χ3v) is 3.53. The van der Waals surface area contributed by atoms with Crippen molar-refractivity contribution >= 4 is 11.3 Å². The van der Waals surface area contributed by atoms with Gasteiger partial charge in [-0.15, -0.1) is 11.3 Å². The van der Waals surface area contributed by atoms with Crippen LogP contribution in [-0.4, -0.2) is 11.0 Å². The predicted octanol–water partition coefficient (Wildman–Crippen LogP) is 2.82. The molecule has 2 nitrogen and oxygen atoms in total. The molecule has 0 amide bonds. The highest BCUT2D eigenvalue weighted by Crippen LogP contribution is 2.18. The minimum atomic E-state index is 0.292. The summed E-state index contributed by atoms with van der Waals surface area (Å²) >= 11 is 1.79. The molecule has 1 atom stereocenters. The molecule has 14 heavy (non-hydrogen) atoms. The Hall–Kier alpha value is -0.410. The highest BCUT2D eigenvalue weighted by Gasteiger charge is 2.08. The van der Waals surface area contributed by atoms with E-state index < -0.39 is 0 Å². The molecule has 1 unspecified atom stereocenters. The summed E-state index contributed by atoms with van der Waals surface area (Å²) in [5.74, 6) is 0. The predicted molar refractivity (Wildman–Crippen MR) is 62.8 cm³/mol. The third kappa shape index (κ3) is 3.39. The Morgan fingerprint density at radius 1 is 1.43 bits per heavy atom. The number of thiazole rings is 1. The molecule has 0 aliphatic rings. The molecule has 1 aromatic rings. The average molecular weight is 212 g/mol. The van der Waals surface area contributed by atoms with Crippen LogP contribution in [0.25, 0.3) is 0 Å². The highest BCUT2D eigenvalue weighted by molar-refractivity contribution is 7.11. The van der Waals surface area contributed by atoms with Crippen molar-refractivity contribution in [1.29, 1.82) is 0 Å². The van der Waals surface area contributed by atoms with Crippen LogP contribution >= 0.6 is 11.3 Å². The SMILES string of the molecule is CCCCC(N)Cc1nc(C)c(C)s1. The molecule has 0 saturated heterocycles. The molecule has 0 fully saturated rings. The lowest BCUT2D eigenvalue weighted by atomic mass is 10.1. The van der Waals surface area contributed by atoms with E-state index >= 15 is 0 Å². The van der Waals surface area contributed by atoms with Crippen LogP contribution in [0.5, 0.6) is 0 Å². The van der Waals surface area contributed by atoms with Gasteiger partial charge in [-0.25, -0.2) is 4.98 Å². The largest absolute Gasteiger partial charge is 0.327 e. The normalized spacial score (nSPS) is 13.1. The fraction of sp³-hybridized carbons (Fsp3) is 0.727. The van der Waals surface area contributed by atoms with Crippen LogP contribution in [0, 0.1) is 13.8 Å². The molecule has 2 N–H and O–H groups in total. The molecule has 0 aliphatic heterocycles. The molecule has 0 saturated carbocycles. The lowest BCUT2D eigenvalue weighted by Gasteiger charge is -2.07. The first-order valence-corrected chi connectivity index (χ1v) is 6.13. The van der Waals surface area contributed by atoms with Crippen molar-refractivity contribution in [3.8, 4) is 0 Å². The van der Waals surface area contributed by atoms with Gasteiger partial charge in [-0.3, -0.25) is 0 Å². The van der Waals surface area contributed by atoms with Crippen molar-refractivity contribution in [1.82, 2.24) is 4.98 Å². The van der Waals surface area contributed by atoms with Gasteiger partial charge in [-0.05, 0) is 20.3 Å². The second kappa shape index (κ2) is 5.47. The monoisotopic (exact) mass is 212 g/mol. The van der Waals surface area contributed by atoms with E-state index in [9.17, 15) is 0 Å². The second-order valence-electron chi connectivity index (χ2n) is 3.86. The number of unbranched alkanes of at least 4 members (excludes halogenated alkanes) is 1. The maximum absolute atomic E-state index is 6.02. The Morgan fingerprint density at radius 3 is 2.64 bits per heavy atom. The fourth-order valence-corrected chi connectivity index (χ4v) is 2.45. The number of hydrogen-bond donors (Lipinski definition) is 1. The van der Waals surface area contributed by atoms with Gasteiger partial charge in [0.05, 0.1) is 10.7 Å². The van der Waals surface area contributed by atoms with E-state index in [0.29, 0.717) is 6.04 Å². The Balaban J connectivity index is 2.43. The summed E-state index contributed by atoms with van der Waals surface area (Å²) < 4.78 is 0. The average Bonchev–Trinajstić information content (AvgIpc) is 2.42. The van der Waals surface area contributed by atoms with E-state index in [1.807, 2.05) is 0 Å². The first kappa shape index (κ1) is 11.7. The number of nitrogens with zero attached hydrogens (tertiary/aromatic N) is 1. The minimum absolute atomic E-state index is 0.292. The molecular weight excluding hydrogens is 192 g/mol. The molecule has 0 spiro atoms. The zero-order valence-electron chi connectivity index (χ0n) is 9.34. The van der Waals surface area contributed by atoms with Crippen LogP contribution in [-0.2, 0) is 6.42 Å². The number of aryl methyl sites for hydroxylation is 2. The van der Waals surface area contributed by atoms with Gasteiger partial charge in [0.1, 0.15) is 0 Å². The van der Waals surface area contributed by atoms with E-state index in [1.165, 1.54) is 22.7 Å². The minimum Gasteiger partial charge on any atom is -0.327 e. The third-order valence-electron chi connectivity index (χ3n) is 2.44. The lowest BCUT2D eigenvalue weighted by molar-refractivity contribution is 0.572. The van der Waals surface area contributed by atoms with E-state index in [0.717, 1.165) is 18.5 Å². The Kier molecular flexibility index (Phi) is 4.55. The van der Waals surface area contributed by atoms with Crippen molar-refractivity contribution in [2.75, 3.05) is 0 Å². The van der Waals surface area contributed by atoms with Gasteiger partial charge < -0.3 is 5.73 Å². The molecule has 0 bridgehead atoms. The Morgan fingerprint density at radius 2 is 2.14 bits per heavy atom. The maximum Gasteiger partial charge on any atom is 0.0946 e. The maximum atomic E-state index is 6.02. The number of aromatic nitrogens is 1. The van der Waals surface area contributed by atoms with E-state index in [1.54, 1.807) is 11.3 Å². The molecule has 3 heteroatoms. The molecule has 1 aromatic heterocycles. The van der Waals surface area contributed by atoms with Crippen molar-refractivity contribution < 1.29 is 0 Å².